The van der Waals surface area contributed by atoms with E-state index in [1.807, 2.05) is 30.3 Å². The topological polar surface area (TPSA) is 65.7 Å². The van der Waals surface area contributed by atoms with Gasteiger partial charge in [-0.3, -0.25) is 4.99 Å². The van der Waals surface area contributed by atoms with E-state index in [2.05, 4.69) is 46.4 Å². The molecule has 150 valence electrons. The molecule has 0 spiro atoms. The largest absolute Gasteiger partial charge is 0.444 e. The summed E-state index contributed by atoms with van der Waals surface area (Å²) in [5, 5.41) is 6.62. The third kappa shape index (κ3) is 8.30. The molecule has 2 aromatic rings. The van der Waals surface area contributed by atoms with E-state index in [0.29, 0.717) is 18.5 Å². The monoisotopic (exact) mass is 485 g/mol. The highest BCUT2D eigenvalue weighted by Gasteiger charge is 2.07. The van der Waals surface area contributed by atoms with Crippen LogP contribution in [0.15, 0.2) is 46.0 Å². The maximum Gasteiger partial charge on any atom is 0.226 e. The highest BCUT2D eigenvalue weighted by molar-refractivity contribution is 14.0. The predicted molar refractivity (Wildman–Crippen MR) is 123 cm³/mol. The summed E-state index contributed by atoms with van der Waals surface area (Å²) in [5.41, 5.74) is 1.83. The van der Waals surface area contributed by atoms with Crippen molar-refractivity contribution in [2.75, 3.05) is 27.2 Å². The summed E-state index contributed by atoms with van der Waals surface area (Å²) in [6.45, 7) is 7.03. The number of aliphatic imine (C=N–C) groups is 1. The quantitative estimate of drug-likeness (QED) is 0.245. The number of oxazole rings is 1. The second-order valence-corrected chi connectivity index (χ2v) is 6.64. The second-order valence-electron chi connectivity index (χ2n) is 6.64. The Bertz CT molecular complexity index is 672. The molecule has 0 atom stereocenters. The fraction of sp³-hybridized carbons (Fsp3) is 0.500. The molecule has 0 fully saturated rings. The van der Waals surface area contributed by atoms with Gasteiger partial charge in [-0.15, -0.1) is 24.0 Å². The Kier molecular flexibility index (Phi) is 11.0. The van der Waals surface area contributed by atoms with Crippen molar-refractivity contribution in [2.24, 2.45) is 4.99 Å². The molecule has 2 rings (SSSR count). The van der Waals surface area contributed by atoms with Gasteiger partial charge < -0.3 is 20.0 Å². The predicted octanol–water partition coefficient (Wildman–Crippen LogP) is 3.75. The van der Waals surface area contributed by atoms with E-state index in [9.17, 15) is 0 Å². The zero-order chi connectivity index (χ0) is 18.8. The van der Waals surface area contributed by atoms with Crippen LogP contribution >= 0.6 is 24.0 Å². The SMILES string of the molecule is CN=C(NCCCCN(C)C(C)C)NCc1coc(-c2ccccc2)n1.I. The zero-order valence-electron chi connectivity index (χ0n) is 16.7. The molecule has 2 N–H and O–H groups in total. The minimum atomic E-state index is 0. The van der Waals surface area contributed by atoms with E-state index in [1.165, 1.54) is 6.42 Å². The molecular weight excluding hydrogens is 453 g/mol. The summed E-state index contributed by atoms with van der Waals surface area (Å²) in [5.74, 6) is 1.42. The first-order chi connectivity index (χ1) is 12.6. The van der Waals surface area contributed by atoms with Crippen molar-refractivity contribution in [3.8, 4) is 11.5 Å². The lowest BCUT2D eigenvalue weighted by Gasteiger charge is -2.20. The Balaban J connectivity index is 0.00000364. The number of rotatable bonds is 9. The third-order valence-electron chi connectivity index (χ3n) is 4.34. The summed E-state index contributed by atoms with van der Waals surface area (Å²) in [6.07, 6.45) is 3.96. The highest BCUT2D eigenvalue weighted by Crippen LogP contribution is 2.17. The van der Waals surface area contributed by atoms with Gasteiger partial charge in [0.25, 0.3) is 0 Å². The molecule has 6 nitrogen and oxygen atoms in total. The fourth-order valence-corrected chi connectivity index (χ4v) is 2.45. The Morgan fingerprint density at radius 2 is 1.93 bits per heavy atom. The Morgan fingerprint density at radius 3 is 2.59 bits per heavy atom. The van der Waals surface area contributed by atoms with Crippen molar-refractivity contribution in [3.63, 3.8) is 0 Å². The maximum atomic E-state index is 5.56. The number of hydrogen-bond acceptors (Lipinski definition) is 4. The molecule has 0 aliphatic rings. The highest BCUT2D eigenvalue weighted by atomic mass is 127. The van der Waals surface area contributed by atoms with Crippen molar-refractivity contribution in [3.05, 3.63) is 42.3 Å². The lowest BCUT2D eigenvalue weighted by atomic mass is 10.2. The molecule has 0 aliphatic heterocycles. The van der Waals surface area contributed by atoms with Crippen molar-refractivity contribution >= 4 is 29.9 Å². The number of guanidine groups is 1. The van der Waals surface area contributed by atoms with Crippen molar-refractivity contribution in [1.82, 2.24) is 20.5 Å². The lowest BCUT2D eigenvalue weighted by molar-refractivity contribution is 0.268. The average Bonchev–Trinajstić information content (AvgIpc) is 3.13. The molecule has 0 radical (unpaired) electrons. The number of nitrogens with one attached hydrogen (secondary N) is 2. The minimum Gasteiger partial charge on any atom is -0.444 e. The number of hydrogen-bond donors (Lipinski definition) is 2. The van der Waals surface area contributed by atoms with Gasteiger partial charge in [0.1, 0.15) is 6.26 Å². The van der Waals surface area contributed by atoms with Gasteiger partial charge in [0.2, 0.25) is 5.89 Å². The molecule has 0 saturated carbocycles. The van der Waals surface area contributed by atoms with Crippen LogP contribution < -0.4 is 10.6 Å². The van der Waals surface area contributed by atoms with Crippen LogP contribution in [0.5, 0.6) is 0 Å². The van der Waals surface area contributed by atoms with E-state index in [0.717, 1.165) is 36.7 Å². The summed E-state index contributed by atoms with van der Waals surface area (Å²) in [6, 6.07) is 10.5. The molecule has 0 saturated heterocycles. The van der Waals surface area contributed by atoms with Crippen molar-refractivity contribution in [1.29, 1.82) is 0 Å². The molecule has 1 heterocycles. The lowest BCUT2D eigenvalue weighted by Crippen LogP contribution is -2.37. The summed E-state index contributed by atoms with van der Waals surface area (Å²) >= 11 is 0. The molecule has 0 unspecified atom stereocenters. The average molecular weight is 485 g/mol. The summed E-state index contributed by atoms with van der Waals surface area (Å²) in [7, 11) is 3.94. The minimum absolute atomic E-state index is 0. The van der Waals surface area contributed by atoms with Crippen molar-refractivity contribution < 1.29 is 4.42 Å². The normalized spacial score (nSPS) is 11.6. The summed E-state index contributed by atoms with van der Waals surface area (Å²) in [4.78, 5) is 11.1. The molecule has 1 aromatic heterocycles. The molecule has 27 heavy (non-hydrogen) atoms. The molecular formula is C20H32IN5O. The molecule has 0 aliphatic carbocycles. The first kappa shape index (κ1) is 23.4. The number of unbranched alkanes of at least 4 members (excludes halogenated alkanes) is 1. The van der Waals surface area contributed by atoms with Crippen LogP contribution in [0.3, 0.4) is 0 Å². The van der Waals surface area contributed by atoms with Crippen LogP contribution in [0.25, 0.3) is 11.5 Å². The van der Waals surface area contributed by atoms with Crippen LogP contribution in [0.2, 0.25) is 0 Å². The fourth-order valence-electron chi connectivity index (χ4n) is 2.45. The number of nitrogens with zero attached hydrogens (tertiary/aromatic N) is 3. The van der Waals surface area contributed by atoms with Gasteiger partial charge in [-0.25, -0.2) is 4.98 Å². The number of halogens is 1. The number of benzene rings is 1. The first-order valence-electron chi connectivity index (χ1n) is 9.24. The summed E-state index contributed by atoms with van der Waals surface area (Å²) < 4.78 is 5.56. The smallest absolute Gasteiger partial charge is 0.226 e. The molecule has 7 heteroatoms. The van der Waals surface area contributed by atoms with E-state index in [4.69, 9.17) is 4.42 Å². The van der Waals surface area contributed by atoms with E-state index >= 15 is 0 Å². The van der Waals surface area contributed by atoms with Crippen molar-refractivity contribution in [2.45, 2.75) is 39.3 Å². The second kappa shape index (κ2) is 12.7. The van der Waals surface area contributed by atoms with Gasteiger partial charge in [-0.1, -0.05) is 18.2 Å². The van der Waals surface area contributed by atoms with Crippen LogP contribution in [0.1, 0.15) is 32.4 Å². The van der Waals surface area contributed by atoms with Crippen LogP contribution in [0, 0.1) is 0 Å². The van der Waals surface area contributed by atoms with Crippen LogP contribution in [-0.2, 0) is 6.54 Å². The molecule has 1 aromatic carbocycles. The van der Waals surface area contributed by atoms with Crippen LogP contribution in [0.4, 0.5) is 0 Å². The van der Waals surface area contributed by atoms with Gasteiger partial charge >= 0.3 is 0 Å². The third-order valence-corrected chi connectivity index (χ3v) is 4.34. The number of aromatic nitrogens is 1. The Labute approximate surface area is 179 Å². The van der Waals surface area contributed by atoms with Gasteiger partial charge in [-0.2, -0.15) is 0 Å². The Morgan fingerprint density at radius 1 is 1.19 bits per heavy atom. The van der Waals surface area contributed by atoms with E-state index in [-0.39, 0.29) is 24.0 Å². The van der Waals surface area contributed by atoms with Crippen LogP contribution in [-0.4, -0.2) is 49.1 Å². The zero-order valence-corrected chi connectivity index (χ0v) is 19.1. The molecule has 0 amide bonds. The maximum absolute atomic E-state index is 5.56. The van der Waals surface area contributed by atoms with E-state index < -0.39 is 0 Å². The van der Waals surface area contributed by atoms with E-state index in [1.54, 1.807) is 13.3 Å². The van der Waals surface area contributed by atoms with Gasteiger partial charge in [-0.05, 0) is 52.4 Å². The van der Waals surface area contributed by atoms with Gasteiger partial charge in [0, 0.05) is 25.2 Å². The standard InChI is InChI=1S/C20H31N5O.HI/c1-16(2)25(4)13-9-8-12-22-20(21-3)23-14-18-15-26-19(24-18)17-10-6-5-7-11-17;/h5-7,10-11,15-16H,8-9,12-14H2,1-4H3,(H2,21,22,23);1H. The first-order valence-corrected chi connectivity index (χ1v) is 9.24. The van der Waals surface area contributed by atoms with Gasteiger partial charge in [0.05, 0.1) is 12.2 Å². The van der Waals surface area contributed by atoms with Gasteiger partial charge in [0.15, 0.2) is 5.96 Å². The molecule has 0 bridgehead atoms. The Hall–Kier alpha value is -1.61.